The van der Waals surface area contributed by atoms with Crippen molar-refractivity contribution in [2.75, 3.05) is 6.54 Å². The normalized spacial score (nSPS) is 14.9. The largest absolute Gasteiger partial charge is 0.466 e. The fourth-order valence-electron chi connectivity index (χ4n) is 1.59. The number of hydrogen-bond donors (Lipinski definition) is 3. The van der Waals surface area contributed by atoms with Crippen molar-refractivity contribution in [3.63, 3.8) is 0 Å². The SMILES string of the molecule is CC(O)(CNCc1cc[nH]c1)c1ccco1. The number of hydrogen-bond acceptors (Lipinski definition) is 3. The molecule has 0 amide bonds. The lowest BCUT2D eigenvalue weighted by atomic mass is 10.0. The molecule has 0 bridgehead atoms. The highest BCUT2D eigenvalue weighted by Gasteiger charge is 2.25. The first-order chi connectivity index (χ1) is 7.68. The Balaban J connectivity index is 1.85. The van der Waals surface area contributed by atoms with E-state index in [0.717, 1.165) is 12.1 Å². The third kappa shape index (κ3) is 2.53. The Labute approximate surface area is 94.3 Å². The van der Waals surface area contributed by atoms with E-state index in [1.54, 1.807) is 25.3 Å². The fraction of sp³-hybridized carbons (Fsp3) is 0.333. The van der Waals surface area contributed by atoms with E-state index in [4.69, 9.17) is 4.42 Å². The molecule has 86 valence electrons. The summed E-state index contributed by atoms with van der Waals surface area (Å²) < 4.78 is 5.19. The molecule has 2 aromatic rings. The first-order valence-electron chi connectivity index (χ1n) is 5.27. The molecule has 0 aliphatic carbocycles. The van der Waals surface area contributed by atoms with Gasteiger partial charge >= 0.3 is 0 Å². The van der Waals surface area contributed by atoms with Gasteiger partial charge in [-0.3, -0.25) is 0 Å². The van der Waals surface area contributed by atoms with Crippen LogP contribution in [0.5, 0.6) is 0 Å². The summed E-state index contributed by atoms with van der Waals surface area (Å²) in [6.45, 7) is 2.90. The number of nitrogens with one attached hydrogen (secondary N) is 2. The molecule has 2 rings (SSSR count). The Morgan fingerprint density at radius 2 is 2.38 bits per heavy atom. The highest BCUT2D eigenvalue weighted by Crippen LogP contribution is 2.19. The zero-order valence-corrected chi connectivity index (χ0v) is 9.23. The van der Waals surface area contributed by atoms with Crippen LogP contribution in [0.4, 0.5) is 0 Å². The van der Waals surface area contributed by atoms with E-state index in [-0.39, 0.29) is 0 Å². The molecule has 0 aromatic carbocycles. The van der Waals surface area contributed by atoms with Crippen molar-refractivity contribution in [3.8, 4) is 0 Å². The lowest BCUT2D eigenvalue weighted by Gasteiger charge is -2.21. The van der Waals surface area contributed by atoms with Crippen molar-refractivity contribution in [1.82, 2.24) is 10.3 Å². The van der Waals surface area contributed by atoms with Gasteiger partial charge in [0.25, 0.3) is 0 Å². The molecule has 0 spiro atoms. The molecular formula is C12H16N2O2. The van der Waals surface area contributed by atoms with Crippen molar-refractivity contribution in [3.05, 3.63) is 48.2 Å². The highest BCUT2D eigenvalue weighted by molar-refractivity contribution is 5.10. The summed E-state index contributed by atoms with van der Waals surface area (Å²) in [4.78, 5) is 2.98. The van der Waals surface area contributed by atoms with Crippen molar-refractivity contribution < 1.29 is 9.52 Å². The van der Waals surface area contributed by atoms with Gasteiger partial charge in [-0.2, -0.15) is 0 Å². The summed E-state index contributed by atoms with van der Waals surface area (Å²) >= 11 is 0. The average molecular weight is 220 g/mol. The van der Waals surface area contributed by atoms with Crippen molar-refractivity contribution in [2.24, 2.45) is 0 Å². The number of aromatic nitrogens is 1. The van der Waals surface area contributed by atoms with Gasteiger partial charge in [0.2, 0.25) is 0 Å². The number of aliphatic hydroxyl groups is 1. The van der Waals surface area contributed by atoms with Crippen LogP contribution < -0.4 is 5.32 Å². The maximum absolute atomic E-state index is 10.1. The third-order valence-corrected chi connectivity index (χ3v) is 2.51. The smallest absolute Gasteiger partial charge is 0.136 e. The van der Waals surface area contributed by atoms with Gasteiger partial charge in [0.15, 0.2) is 0 Å². The Morgan fingerprint density at radius 3 is 3.00 bits per heavy atom. The van der Waals surface area contributed by atoms with Crippen LogP contribution in [0.25, 0.3) is 0 Å². The van der Waals surface area contributed by atoms with E-state index >= 15 is 0 Å². The monoisotopic (exact) mass is 220 g/mol. The van der Waals surface area contributed by atoms with Gasteiger partial charge in [0.1, 0.15) is 11.4 Å². The maximum Gasteiger partial charge on any atom is 0.136 e. The van der Waals surface area contributed by atoms with Gasteiger partial charge in [0, 0.05) is 25.5 Å². The molecular weight excluding hydrogens is 204 g/mol. The van der Waals surface area contributed by atoms with Crippen LogP contribution in [0.2, 0.25) is 0 Å². The summed E-state index contributed by atoms with van der Waals surface area (Å²) in [6, 6.07) is 5.54. The van der Waals surface area contributed by atoms with Gasteiger partial charge in [-0.25, -0.2) is 0 Å². The van der Waals surface area contributed by atoms with Gasteiger partial charge in [0.05, 0.1) is 6.26 Å². The van der Waals surface area contributed by atoms with E-state index in [0.29, 0.717) is 12.3 Å². The third-order valence-electron chi connectivity index (χ3n) is 2.51. The Morgan fingerprint density at radius 1 is 1.50 bits per heavy atom. The van der Waals surface area contributed by atoms with E-state index < -0.39 is 5.60 Å². The highest BCUT2D eigenvalue weighted by atomic mass is 16.4. The van der Waals surface area contributed by atoms with E-state index in [1.165, 1.54) is 0 Å². The number of furan rings is 1. The van der Waals surface area contributed by atoms with Crippen LogP contribution in [0.1, 0.15) is 18.2 Å². The standard InChI is InChI=1S/C12H16N2O2/c1-12(15,11-3-2-6-16-11)9-14-8-10-4-5-13-7-10/h2-7,13-15H,8-9H2,1H3. The van der Waals surface area contributed by atoms with E-state index in [9.17, 15) is 5.11 Å². The maximum atomic E-state index is 10.1. The molecule has 0 saturated heterocycles. The van der Waals surface area contributed by atoms with E-state index in [1.807, 2.05) is 18.5 Å². The Bertz CT molecular complexity index is 404. The van der Waals surface area contributed by atoms with Crippen LogP contribution in [-0.2, 0) is 12.1 Å². The number of H-pyrrole nitrogens is 1. The lowest BCUT2D eigenvalue weighted by Crippen LogP contribution is -2.34. The first kappa shape index (κ1) is 11.0. The molecule has 2 aromatic heterocycles. The minimum absolute atomic E-state index is 0.450. The summed E-state index contributed by atoms with van der Waals surface area (Å²) in [5.74, 6) is 0.578. The van der Waals surface area contributed by atoms with Crippen molar-refractivity contribution >= 4 is 0 Å². The minimum atomic E-state index is -0.972. The second kappa shape index (κ2) is 4.55. The minimum Gasteiger partial charge on any atom is -0.466 e. The molecule has 1 atom stereocenters. The zero-order chi connectivity index (χ0) is 11.4. The molecule has 0 radical (unpaired) electrons. The second-order valence-corrected chi connectivity index (χ2v) is 4.07. The van der Waals surface area contributed by atoms with Crippen LogP contribution >= 0.6 is 0 Å². The molecule has 3 N–H and O–H groups in total. The fourth-order valence-corrected chi connectivity index (χ4v) is 1.59. The summed E-state index contributed by atoms with van der Waals surface area (Å²) in [5, 5.41) is 13.3. The van der Waals surface area contributed by atoms with Crippen molar-refractivity contribution in [1.29, 1.82) is 0 Å². The zero-order valence-electron chi connectivity index (χ0n) is 9.23. The lowest BCUT2D eigenvalue weighted by molar-refractivity contribution is 0.0340. The van der Waals surface area contributed by atoms with Crippen LogP contribution in [0.15, 0.2) is 41.3 Å². The Kier molecular flexibility index (Phi) is 3.12. The summed E-state index contributed by atoms with van der Waals surface area (Å²) in [6.07, 6.45) is 5.37. The summed E-state index contributed by atoms with van der Waals surface area (Å²) in [7, 11) is 0. The topological polar surface area (TPSA) is 61.2 Å². The Hall–Kier alpha value is -1.52. The summed E-state index contributed by atoms with van der Waals surface area (Å²) in [5.41, 5.74) is 0.190. The molecule has 0 aliphatic rings. The molecule has 0 fully saturated rings. The molecule has 4 nitrogen and oxygen atoms in total. The van der Waals surface area contributed by atoms with Crippen LogP contribution in [0, 0.1) is 0 Å². The molecule has 16 heavy (non-hydrogen) atoms. The van der Waals surface area contributed by atoms with Gasteiger partial charge < -0.3 is 19.8 Å². The first-order valence-corrected chi connectivity index (χ1v) is 5.27. The van der Waals surface area contributed by atoms with Crippen LogP contribution in [-0.4, -0.2) is 16.6 Å². The molecule has 0 aliphatic heterocycles. The molecule has 4 heteroatoms. The number of rotatable bonds is 5. The number of aromatic amines is 1. The quantitative estimate of drug-likeness (QED) is 0.717. The molecule has 1 unspecified atom stereocenters. The molecule has 2 heterocycles. The molecule has 0 saturated carbocycles. The van der Waals surface area contributed by atoms with Gasteiger partial charge in [-0.15, -0.1) is 0 Å². The van der Waals surface area contributed by atoms with Crippen LogP contribution in [0.3, 0.4) is 0 Å². The predicted octanol–water partition coefficient (Wildman–Crippen LogP) is 1.60. The second-order valence-electron chi connectivity index (χ2n) is 4.07. The van der Waals surface area contributed by atoms with E-state index in [2.05, 4.69) is 10.3 Å². The predicted molar refractivity (Wildman–Crippen MR) is 60.8 cm³/mol. The average Bonchev–Trinajstić information content (AvgIpc) is 2.90. The van der Waals surface area contributed by atoms with Gasteiger partial charge in [-0.05, 0) is 30.7 Å². The van der Waals surface area contributed by atoms with Crippen molar-refractivity contribution in [2.45, 2.75) is 19.1 Å². The van der Waals surface area contributed by atoms with Gasteiger partial charge in [-0.1, -0.05) is 0 Å².